The van der Waals surface area contributed by atoms with Crippen molar-refractivity contribution < 1.29 is 0 Å². The van der Waals surface area contributed by atoms with E-state index in [4.69, 9.17) is 5.73 Å². The Kier molecular flexibility index (Phi) is 4.75. The zero-order valence-electron chi connectivity index (χ0n) is 11.7. The highest BCUT2D eigenvalue weighted by molar-refractivity contribution is 7.09. The third-order valence-electron chi connectivity index (χ3n) is 3.55. The Hall–Kier alpha value is -1.16. The van der Waals surface area contributed by atoms with Gasteiger partial charge in [0.1, 0.15) is 0 Å². The Balaban J connectivity index is 2.06. The van der Waals surface area contributed by atoms with Crippen LogP contribution in [-0.4, -0.2) is 25.0 Å². The fraction of sp³-hybridized carbons (Fsp3) is 0.375. The number of nitrogens with zero attached hydrogens (tertiary/aromatic N) is 1. The molecule has 1 atom stereocenters. The maximum atomic E-state index is 6.04. The molecule has 0 radical (unpaired) electrons. The van der Waals surface area contributed by atoms with E-state index in [1.165, 1.54) is 10.4 Å². The molecule has 1 aromatic carbocycles. The first kappa shape index (κ1) is 14.3. The second-order valence-corrected chi connectivity index (χ2v) is 6.41. The molecule has 0 aliphatic rings. The average molecular weight is 274 g/mol. The topological polar surface area (TPSA) is 29.3 Å². The zero-order valence-corrected chi connectivity index (χ0v) is 12.5. The maximum Gasteiger partial charge on any atom is 0.0325 e. The minimum absolute atomic E-state index is 0.00721. The Labute approximate surface area is 119 Å². The van der Waals surface area contributed by atoms with E-state index in [0.29, 0.717) is 6.54 Å². The van der Waals surface area contributed by atoms with Gasteiger partial charge in [-0.15, -0.1) is 11.3 Å². The summed E-state index contributed by atoms with van der Waals surface area (Å²) >= 11 is 1.81. The lowest BCUT2D eigenvalue weighted by molar-refractivity contribution is 0.254. The highest BCUT2D eigenvalue weighted by Crippen LogP contribution is 2.24. The van der Waals surface area contributed by atoms with Gasteiger partial charge in [0.05, 0.1) is 0 Å². The molecule has 0 aliphatic heterocycles. The van der Waals surface area contributed by atoms with Crippen LogP contribution in [0.15, 0.2) is 47.8 Å². The molecule has 0 saturated carbocycles. The number of hydrogen-bond acceptors (Lipinski definition) is 3. The Bertz CT molecular complexity index is 481. The molecule has 1 aromatic heterocycles. The predicted octanol–water partition coefficient (Wildman–Crippen LogP) is 3.10. The summed E-state index contributed by atoms with van der Waals surface area (Å²) < 4.78 is 0. The van der Waals surface area contributed by atoms with Crippen LogP contribution >= 0.6 is 11.3 Å². The van der Waals surface area contributed by atoms with E-state index in [1.54, 1.807) is 0 Å². The molecular weight excluding hydrogens is 252 g/mol. The van der Waals surface area contributed by atoms with Gasteiger partial charge in [0.25, 0.3) is 0 Å². The predicted molar refractivity (Wildman–Crippen MR) is 83.5 cm³/mol. The largest absolute Gasteiger partial charge is 0.330 e. The Morgan fingerprint density at radius 3 is 2.47 bits per heavy atom. The first-order chi connectivity index (χ1) is 9.14. The molecule has 0 bridgehead atoms. The smallest absolute Gasteiger partial charge is 0.0325 e. The van der Waals surface area contributed by atoms with Gasteiger partial charge in [-0.25, -0.2) is 0 Å². The van der Waals surface area contributed by atoms with Crippen molar-refractivity contribution in [2.75, 3.05) is 20.1 Å². The fourth-order valence-electron chi connectivity index (χ4n) is 2.43. The summed E-state index contributed by atoms with van der Waals surface area (Å²) in [7, 11) is 2.16. The van der Waals surface area contributed by atoms with Crippen LogP contribution < -0.4 is 5.73 Å². The molecule has 0 fully saturated rings. The molecule has 0 spiro atoms. The van der Waals surface area contributed by atoms with Crippen LogP contribution in [0.25, 0.3) is 0 Å². The molecule has 2 aromatic rings. The second kappa shape index (κ2) is 6.33. The molecule has 2 N–H and O–H groups in total. The monoisotopic (exact) mass is 274 g/mol. The van der Waals surface area contributed by atoms with Gasteiger partial charge in [-0.1, -0.05) is 43.3 Å². The normalized spacial score (nSPS) is 14.5. The minimum Gasteiger partial charge on any atom is -0.330 e. The van der Waals surface area contributed by atoms with Crippen LogP contribution in [0.1, 0.15) is 17.4 Å². The molecule has 19 heavy (non-hydrogen) atoms. The van der Waals surface area contributed by atoms with Gasteiger partial charge >= 0.3 is 0 Å². The van der Waals surface area contributed by atoms with E-state index < -0.39 is 0 Å². The van der Waals surface area contributed by atoms with Crippen LogP contribution in [0.2, 0.25) is 0 Å². The van der Waals surface area contributed by atoms with Crippen molar-refractivity contribution in [3.63, 3.8) is 0 Å². The van der Waals surface area contributed by atoms with Gasteiger partial charge in [-0.2, -0.15) is 0 Å². The first-order valence-electron chi connectivity index (χ1n) is 6.60. The van der Waals surface area contributed by atoms with Crippen LogP contribution in [-0.2, 0) is 12.0 Å². The minimum atomic E-state index is 0.00721. The number of likely N-dealkylation sites (N-methyl/N-ethyl adjacent to an activating group) is 1. The third kappa shape index (κ3) is 3.66. The number of thiophene rings is 1. The molecular formula is C16H22N2S. The van der Waals surface area contributed by atoms with Gasteiger partial charge in [0, 0.05) is 29.9 Å². The third-order valence-corrected chi connectivity index (χ3v) is 4.41. The summed E-state index contributed by atoms with van der Waals surface area (Å²) in [5.41, 5.74) is 7.36. The van der Waals surface area contributed by atoms with Crippen LogP contribution in [0, 0.1) is 0 Å². The molecule has 0 amide bonds. The number of benzene rings is 1. The van der Waals surface area contributed by atoms with Crippen molar-refractivity contribution >= 4 is 11.3 Å². The number of hydrogen-bond donors (Lipinski definition) is 1. The van der Waals surface area contributed by atoms with Crippen molar-refractivity contribution in [2.24, 2.45) is 5.73 Å². The summed E-state index contributed by atoms with van der Waals surface area (Å²) in [5.74, 6) is 0. The lowest BCUT2D eigenvalue weighted by Crippen LogP contribution is -2.42. The van der Waals surface area contributed by atoms with Crippen molar-refractivity contribution in [1.82, 2.24) is 4.90 Å². The summed E-state index contributed by atoms with van der Waals surface area (Å²) in [6.45, 7) is 4.85. The molecule has 0 saturated heterocycles. The van der Waals surface area contributed by atoms with E-state index >= 15 is 0 Å². The van der Waals surface area contributed by atoms with Crippen molar-refractivity contribution in [3.8, 4) is 0 Å². The van der Waals surface area contributed by atoms with E-state index in [2.05, 4.69) is 66.7 Å². The van der Waals surface area contributed by atoms with Gasteiger partial charge in [0.2, 0.25) is 0 Å². The van der Waals surface area contributed by atoms with Crippen molar-refractivity contribution in [1.29, 1.82) is 0 Å². The van der Waals surface area contributed by atoms with E-state index in [9.17, 15) is 0 Å². The molecule has 2 nitrogen and oxygen atoms in total. The number of nitrogens with two attached hydrogens (primary N) is 1. The quantitative estimate of drug-likeness (QED) is 0.877. The lowest BCUT2D eigenvalue weighted by atomic mass is 9.82. The summed E-state index contributed by atoms with van der Waals surface area (Å²) in [6.07, 6.45) is 0. The summed E-state index contributed by atoms with van der Waals surface area (Å²) in [4.78, 5) is 3.75. The SMILES string of the molecule is CN(Cc1cccs1)CC(C)(CN)c1ccccc1. The Morgan fingerprint density at radius 2 is 1.89 bits per heavy atom. The second-order valence-electron chi connectivity index (χ2n) is 5.38. The zero-order chi connectivity index (χ0) is 13.7. The van der Waals surface area contributed by atoms with Gasteiger partial charge < -0.3 is 10.6 Å². The van der Waals surface area contributed by atoms with Gasteiger partial charge in [-0.3, -0.25) is 0 Å². The Morgan fingerprint density at radius 1 is 1.16 bits per heavy atom. The van der Waals surface area contributed by atoms with Crippen molar-refractivity contribution in [2.45, 2.75) is 18.9 Å². The standard InChI is InChI=1S/C16H22N2S/c1-16(12-17,14-7-4-3-5-8-14)13-18(2)11-15-9-6-10-19-15/h3-10H,11-13,17H2,1-2H3. The molecule has 1 heterocycles. The van der Waals surface area contributed by atoms with Crippen LogP contribution in [0.3, 0.4) is 0 Å². The highest BCUT2D eigenvalue weighted by Gasteiger charge is 2.26. The van der Waals surface area contributed by atoms with Crippen LogP contribution in [0.5, 0.6) is 0 Å². The van der Waals surface area contributed by atoms with Gasteiger partial charge in [0.15, 0.2) is 0 Å². The highest BCUT2D eigenvalue weighted by atomic mass is 32.1. The van der Waals surface area contributed by atoms with E-state index in [1.807, 2.05) is 11.3 Å². The average Bonchev–Trinajstić information content (AvgIpc) is 2.92. The molecule has 1 unspecified atom stereocenters. The maximum absolute atomic E-state index is 6.04. The molecule has 3 heteroatoms. The summed E-state index contributed by atoms with van der Waals surface area (Å²) in [5, 5.41) is 2.13. The van der Waals surface area contributed by atoms with Gasteiger partial charge in [-0.05, 0) is 24.1 Å². The van der Waals surface area contributed by atoms with Crippen molar-refractivity contribution in [3.05, 3.63) is 58.3 Å². The van der Waals surface area contributed by atoms with E-state index in [-0.39, 0.29) is 5.41 Å². The van der Waals surface area contributed by atoms with Crippen LogP contribution in [0.4, 0.5) is 0 Å². The van der Waals surface area contributed by atoms with E-state index in [0.717, 1.165) is 13.1 Å². The summed E-state index contributed by atoms with van der Waals surface area (Å²) in [6, 6.07) is 14.9. The number of rotatable bonds is 6. The molecule has 2 rings (SSSR count). The lowest BCUT2D eigenvalue weighted by Gasteiger charge is -2.33. The molecule has 102 valence electrons. The first-order valence-corrected chi connectivity index (χ1v) is 7.48. The molecule has 0 aliphatic carbocycles. The fourth-order valence-corrected chi connectivity index (χ4v) is 3.22.